The van der Waals surface area contributed by atoms with Crippen molar-refractivity contribution in [3.63, 3.8) is 0 Å². The number of ether oxygens (including phenoxy) is 1. The van der Waals surface area contributed by atoms with Crippen molar-refractivity contribution in [2.75, 3.05) is 6.61 Å². The summed E-state index contributed by atoms with van der Waals surface area (Å²) in [4.78, 5) is 12.7. The lowest BCUT2D eigenvalue weighted by Crippen LogP contribution is -2.80. The molecule has 0 aromatic carbocycles. The number of hydrogen-bond acceptors (Lipinski definition) is 5. The van der Waals surface area contributed by atoms with Gasteiger partial charge in [0.25, 0.3) is 0 Å². The van der Waals surface area contributed by atoms with E-state index in [1.54, 1.807) is 0 Å². The SMILES string of the molecule is Cc1noc(C)c1CNC(=O)C1(N)C2CCOC2C1(C)C. The van der Waals surface area contributed by atoms with Gasteiger partial charge in [-0.25, -0.2) is 0 Å². The first-order valence-electron chi connectivity index (χ1n) is 7.40. The summed E-state index contributed by atoms with van der Waals surface area (Å²) < 4.78 is 10.8. The average molecular weight is 293 g/mol. The fourth-order valence-electron chi connectivity index (χ4n) is 3.91. The van der Waals surface area contributed by atoms with Crippen LogP contribution in [0.25, 0.3) is 0 Å². The van der Waals surface area contributed by atoms with Crippen molar-refractivity contribution < 1.29 is 14.1 Å². The normalized spacial score (nSPS) is 33.4. The molecule has 1 aromatic heterocycles. The van der Waals surface area contributed by atoms with E-state index < -0.39 is 5.54 Å². The largest absolute Gasteiger partial charge is 0.377 e. The Labute approximate surface area is 124 Å². The predicted octanol–water partition coefficient (Wildman–Crippen LogP) is 1.05. The van der Waals surface area contributed by atoms with Crippen molar-refractivity contribution in [1.29, 1.82) is 0 Å². The molecule has 1 aliphatic heterocycles. The van der Waals surface area contributed by atoms with Gasteiger partial charge >= 0.3 is 0 Å². The van der Waals surface area contributed by atoms with Crippen LogP contribution in [0.1, 0.15) is 37.3 Å². The second-order valence-electron chi connectivity index (χ2n) is 6.76. The van der Waals surface area contributed by atoms with Gasteiger partial charge < -0.3 is 20.3 Å². The Hall–Kier alpha value is -1.40. The van der Waals surface area contributed by atoms with Gasteiger partial charge in [-0.1, -0.05) is 19.0 Å². The number of fused-ring (bicyclic) bond motifs is 1. The van der Waals surface area contributed by atoms with Crippen molar-refractivity contribution in [3.8, 4) is 0 Å². The highest BCUT2D eigenvalue weighted by Crippen LogP contribution is 2.58. The molecular formula is C15H23N3O3. The van der Waals surface area contributed by atoms with Crippen LogP contribution in [0, 0.1) is 25.2 Å². The summed E-state index contributed by atoms with van der Waals surface area (Å²) in [6.07, 6.45) is 0.941. The minimum absolute atomic E-state index is 0.0901. The molecule has 1 amide bonds. The van der Waals surface area contributed by atoms with Gasteiger partial charge in [-0.3, -0.25) is 4.79 Å². The number of carbonyl (C=O) groups is 1. The highest BCUT2D eigenvalue weighted by atomic mass is 16.5. The van der Waals surface area contributed by atoms with Crippen molar-refractivity contribution in [3.05, 3.63) is 17.0 Å². The van der Waals surface area contributed by atoms with Crippen LogP contribution in [0.3, 0.4) is 0 Å². The van der Waals surface area contributed by atoms with Crippen molar-refractivity contribution >= 4 is 5.91 Å². The van der Waals surface area contributed by atoms with E-state index in [4.69, 9.17) is 15.0 Å². The minimum Gasteiger partial charge on any atom is -0.377 e. The number of aryl methyl sites for hydroxylation is 2. The molecule has 2 aliphatic rings. The maximum atomic E-state index is 12.7. The number of nitrogens with zero attached hydrogens (tertiary/aromatic N) is 1. The number of carbonyl (C=O) groups excluding carboxylic acids is 1. The topological polar surface area (TPSA) is 90.4 Å². The summed E-state index contributed by atoms with van der Waals surface area (Å²) in [5.74, 6) is 0.727. The Morgan fingerprint density at radius 2 is 2.19 bits per heavy atom. The second-order valence-corrected chi connectivity index (χ2v) is 6.76. The molecule has 21 heavy (non-hydrogen) atoms. The molecule has 1 saturated carbocycles. The molecule has 2 fully saturated rings. The Kier molecular flexibility index (Phi) is 3.15. The van der Waals surface area contributed by atoms with Gasteiger partial charge in [0.1, 0.15) is 11.3 Å². The van der Waals surface area contributed by atoms with Crippen LogP contribution in [0.5, 0.6) is 0 Å². The summed E-state index contributed by atoms with van der Waals surface area (Å²) in [5.41, 5.74) is 7.00. The predicted molar refractivity (Wildman–Crippen MR) is 76.4 cm³/mol. The summed E-state index contributed by atoms with van der Waals surface area (Å²) in [6, 6.07) is 0. The van der Waals surface area contributed by atoms with Crippen LogP contribution in [-0.2, 0) is 16.1 Å². The fraction of sp³-hybridized carbons (Fsp3) is 0.733. The van der Waals surface area contributed by atoms with Crippen LogP contribution >= 0.6 is 0 Å². The van der Waals surface area contributed by atoms with Crippen molar-refractivity contribution in [2.24, 2.45) is 17.1 Å². The quantitative estimate of drug-likeness (QED) is 0.869. The molecule has 0 spiro atoms. The minimum atomic E-state index is -0.868. The molecule has 1 aliphatic carbocycles. The number of nitrogens with one attached hydrogen (secondary N) is 1. The maximum absolute atomic E-state index is 12.7. The number of nitrogens with two attached hydrogens (primary N) is 1. The summed E-state index contributed by atoms with van der Waals surface area (Å²) in [5, 5.41) is 6.85. The highest BCUT2D eigenvalue weighted by Gasteiger charge is 2.71. The summed E-state index contributed by atoms with van der Waals surface area (Å²) in [7, 11) is 0. The van der Waals surface area contributed by atoms with Crippen LogP contribution in [0.2, 0.25) is 0 Å². The van der Waals surface area contributed by atoms with E-state index >= 15 is 0 Å². The Bertz CT molecular complexity index is 561. The molecular weight excluding hydrogens is 270 g/mol. The zero-order chi connectivity index (χ0) is 15.4. The van der Waals surface area contributed by atoms with Crippen LogP contribution < -0.4 is 11.1 Å². The number of amides is 1. The zero-order valence-electron chi connectivity index (χ0n) is 13.0. The standard InChI is InChI=1S/C15H23N3O3/c1-8-10(9(2)21-18-8)7-17-13(19)15(16)11-5-6-20-12(11)14(15,3)4/h11-12H,5-7,16H2,1-4H3,(H,17,19). The smallest absolute Gasteiger partial charge is 0.241 e. The number of hydrogen-bond donors (Lipinski definition) is 2. The van der Waals surface area contributed by atoms with Gasteiger partial charge in [-0.05, 0) is 20.3 Å². The van der Waals surface area contributed by atoms with Crippen molar-refractivity contribution in [1.82, 2.24) is 10.5 Å². The molecule has 116 valence electrons. The Morgan fingerprint density at radius 3 is 2.81 bits per heavy atom. The second kappa shape index (κ2) is 4.55. The monoisotopic (exact) mass is 293 g/mol. The van der Waals surface area contributed by atoms with Crippen molar-refractivity contribution in [2.45, 2.75) is 52.3 Å². The molecule has 3 atom stereocenters. The zero-order valence-corrected chi connectivity index (χ0v) is 13.0. The molecule has 3 rings (SSSR count). The lowest BCUT2D eigenvalue weighted by molar-refractivity contribution is -0.175. The van der Waals surface area contributed by atoms with Gasteiger partial charge in [0, 0.05) is 30.0 Å². The van der Waals surface area contributed by atoms with E-state index in [-0.39, 0.29) is 23.3 Å². The third kappa shape index (κ3) is 1.78. The molecule has 0 bridgehead atoms. The van der Waals surface area contributed by atoms with Gasteiger partial charge in [-0.15, -0.1) is 0 Å². The molecule has 0 radical (unpaired) electrons. The van der Waals surface area contributed by atoms with Gasteiger partial charge in [0.05, 0.1) is 11.8 Å². The highest BCUT2D eigenvalue weighted by molar-refractivity contribution is 5.89. The molecule has 2 heterocycles. The van der Waals surface area contributed by atoms with Gasteiger partial charge in [0.2, 0.25) is 5.91 Å². The molecule has 6 nitrogen and oxygen atoms in total. The van der Waals surface area contributed by atoms with Crippen LogP contribution in [0.15, 0.2) is 4.52 Å². The van der Waals surface area contributed by atoms with E-state index in [1.165, 1.54) is 0 Å². The average Bonchev–Trinajstić information content (AvgIpc) is 3.03. The van der Waals surface area contributed by atoms with Crippen LogP contribution in [-0.4, -0.2) is 29.3 Å². The van der Waals surface area contributed by atoms with Crippen LogP contribution in [0.4, 0.5) is 0 Å². The van der Waals surface area contributed by atoms with Gasteiger partial charge in [-0.2, -0.15) is 0 Å². The van der Waals surface area contributed by atoms with E-state index in [0.717, 1.165) is 23.4 Å². The maximum Gasteiger partial charge on any atom is 0.241 e. The lowest BCUT2D eigenvalue weighted by Gasteiger charge is -2.60. The van der Waals surface area contributed by atoms with E-state index in [1.807, 2.05) is 27.7 Å². The molecule has 6 heteroatoms. The molecule has 1 saturated heterocycles. The van der Waals surface area contributed by atoms with E-state index in [0.29, 0.717) is 13.2 Å². The Morgan fingerprint density at radius 1 is 1.48 bits per heavy atom. The first kappa shape index (κ1) is 14.5. The molecule has 3 unspecified atom stereocenters. The lowest BCUT2D eigenvalue weighted by atomic mass is 9.48. The number of aromatic nitrogens is 1. The fourth-order valence-corrected chi connectivity index (χ4v) is 3.91. The van der Waals surface area contributed by atoms with Gasteiger partial charge in [0.15, 0.2) is 0 Å². The Balaban J connectivity index is 1.74. The van der Waals surface area contributed by atoms with E-state index in [2.05, 4.69) is 10.5 Å². The summed E-state index contributed by atoms with van der Waals surface area (Å²) >= 11 is 0. The third-order valence-corrected chi connectivity index (χ3v) is 5.44. The van der Waals surface area contributed by atoms with E-state index in [9.17, 15) is 4.79 Å². The number of rotatable bonds is 3. The first-order valence-corrected chi connectivity index (χ1v) is 7.40. The molecule has 1 aromatic rings. The first-order chi connectivity index (χ1) is 9.80. The third-order valence-electron chi connectivity index (χ3n) is 5.44. The summed E-state index contributed by atoms with van der Waals surface area (Å²) in [6.45, 7) is 8.81. The molecule has 3 N–H and O–H groups in total.